The molecule has 0 bridgehead atoms. The van der Waals surface area contributed by atoms with E-state index in [1.54, 1.807) is 56.1 Å². The van der Waals surface area contributed by atoms with E-state index in [1.165, 1.54) is 0 Å². The maximum absolute atomic E-state index is 11.6. The normalized spacial score (nSPS) is 11.1. The van der Waals surface area contributed by atoms with E-state index in [-0.39, 0.29) is 5.41 Å². The van der Waals surface area contributed by atoms with Gasteiger partial charge in [0.25, 0.3) is 0 Å². The number of unbranched alkanes of at least 4 members (excludes halogenated alkanes) is 1. The number of hydrogen-bond donors (Lipinski definition) is 0. The monoisotopic (exact) mass is 498 g/mol. The molecule has 0 spiro atoms. The summed E-state index contributed by atoms with van der Waals surface area (Å²) in [4.78, 5) is 11.6. The molecule has 2 aromatic rings. The molecule has 0 N–H and O–H groups in total. The van der Waals surface area contributed by atoms with E-state index < -0.39 is 5.97 Å². The van der Waals surface area contributed by atoms with E-state index in [9.17, 15) is 4.79 Å². The van der Waals surface area contributed by atoms with Gasteiger partial charge in [-0.05, 0) is 94.3 Å². The lowest BCUT2D eigenvalue weighted by atomic mass is 9.97. The Labute approximate surface area is 220 Å². The predicted molar refractivity (Wildman–Crippen MR) is 147 cm³/mol. The summed E-state index contributed by atoms with van der Waals surface area (Å²) >= 11 is 0. The molecular formula is C32H34O5. The lowest BCUT2D eigenvalue weighted by Gasteiger charge is -2.06. The smallest absolute Gasteiger partial charge is 0.384 e. The summed E-state index contributed by atoms with van der Waals surface area (Å²) < 4.78 is 21.1. The third-order valence-corrected chi connectivity index (χ3v) is 4.47. The maximum Gasteiger partial charge on any atom is 0.384 e. The summed E-state index contributed by atoms with van der Waals surface area (Å²) in [5.41, 5.74) is 1.64. The zero-order valence-corrected chi connectivity index (χ0v) is 22.0. The highest BCUT2D eigenvalue weighted by molar-refractivity contribution is 5.89. The average molecular weight is 499 g/mol. The van der Waals surface area contributed by atoms with Gasteiger partial charge in [-0.2, -0.15) is 0 Å². The predicted octanol–water partition coefficient (Wildman–Crippen LogP) is 6.45. The van der Waals surface area contributed by atoms with Gasteiger partial charge in [0.1, 0.15) is 11.5 Å². The van der Waals surface area contributed by atoms with Crippen molar-refractivity contribution >= 4 is 5.97 Å². The van der Waals surface area contributed by atoms with E-state index in [0.717, 1.165) is 24.2 Å². The minimum Gasteiger partial charge on any atom is -0.465 e. The minimum atomic E-state index is -0.536. The highest BCUT2D eigenvalue weighted by Crippen LogP contribution is 2.14. The van der Waals surface area contributed by atoms with E-state index in [2.05, 4.69) is 44.5 Å². The van der Waals surface area contributed by atoms with Gasteiger partial charge in [-0.1, -0.05) is 29.9 Å². The van der Waals surface area contributed by atoms with Crippen molar-refractivity contribution in [1.82, 2.24) is 0 Å². The Hall–Kier alpha value is -4.19. The number of ether oxygens (including phenoxy) is 4. The van der Waals surface area contributed by atoms with Crippen LogP contribution >= 0.6 is 0 Å². The second kappa shape index (κ2) is 16.5. The molecule has 0 amide bonds. The van der Waals surface area contributed by atoms with Crippen LogP contribution in [0.25, 0.3) is 0 Å². The Kier molecular flexibility index (Phi) is 12.9. The molecule has 0 aromatic heterocycles. The summed E-state index contributed by atoms with van der Waals surface area (Å²) in [5.74, 6) is 12.5. The summed E-state index contributed by atoms with van der Waals surface area (Å²) in [6, 6.07) is 14.8. The number of carbonyl (C=O) groups excluding carboxylic acids is 1. The first kappa shape index (κ1) is 29.0. The Morgan fingerprint density at radius 2 is 1.27 bits per heavy atom. The first-order chi connectivity index (χ1) is 17.9. The SMILES string of the molecule is COCCCCOC(=O)C#Cc1ccc(O/C=C/C=C/C=C/Oc2ccc(C#CC(C)(C)C)cc2)cc1. The summed E-state index contributed by atoms with van der Waals surface area (Å²) in [6.07, 6.45) is 12.0. The van der Waals surface area contributed by atoms with Crippen LogP contribution in [-0.4, -0.2) is 26.3 Å². The highest BCUT2D eigenvalue weighted by atomic mass is 16.5. The van der Waals surface area contributed by atoms with Gasteiger partial charge in [0.05, 0.1) is 19.1 Å². The molecule has 5 heteroatoms. The van der Waals surface area contributed by atoms with E-state index in [0.29, 0.717) is 24.5 Å². The van der Waals surface area contributed by atoms with Gasteiger partial charge in [0.2, 0.25) is 0 Å². The van der Waals surface area contributed by atoms with E-state index in [4.69, 9.17) is 18.9 Å². The lowest BCUT2D eigenvalue weighted by molar-refractivity contribution is -0.136. The first-order valence-electron chi connectivity index (χ1n) is 12.1. The lowest BCUT2D eigenvalue weighted by Crippen LogP contribution is -2.03. The van der Waals surface area contributed by atoms with Crippen molar-refractivity contribution in [3.05, 3.63) is 96.5 Å². The van der Waals surface area contributed by atoms with Gasteiger partial charge >= 0.3 is 5.97 Å². The number of rotatable bonds is 11. The van der Waals surface area contributed by atoms with Crippen LogP contribution in [0.15, 0.2) is 85.4 Å². The molecule has 37 heavy (non-hydrogen) atoms. The van der Waals surface area contributed by atoms with E-state index in [1.807, 2.05) is 36.4 Å². The first-order valence-corrected chi connectivity index (χ1v) is 12.1. The Morgan fingerprint density at radius 3 is 1.78 bits per heavy atom. The molecule has 2 rings (SSSR count). The number of hydrogen-bond acceptors (Lipinski definition) is 5. The van der Waals surface area contributed by atoms with Gasteiger partial charge in [0.15, 0.2) is 0 Å². The van der Waals surface area contributed by atoms with Crippen molar-refractivity contribution in [2.45, 2.75) is 33.6 Å². The third kappa shape index (κ3) is 14.1. The van der Waals surface area contributed by atoms with Crippen LogP contribution in [0.5, 0.6) is 11.5 Å². The molecule has 5 nitrogen and oxygen atoms in total. The van der Waals surface area contributed by atoms with Crippen LogP contribution in [0.2, 0.25) is 0 Å². The fourth-order valence-electron chi connectivity index (χ4n) is 2.62. The summed E-state index contributed by atoms with van der Waals surface area (Å²) in [5, 5.41) is 0. The second-order valence-corrected chi connectivity index (χ2v) is 8.91. The highest BCUT2D eigenvalue weighted by Gasteiger charge is 2.03. The van der Waals surface area contributed by atoms with Crippen molar-refractivity contribution in [3.63, 3.8) is 0 Å². The van der Waals surface area contributed by atoms with Crippen molar-refractivity contribution in [3.8, 4) is 35.2 Å². The van der Waals surface area contributed by atoms with Crippen LogP contribution < -0.4 is 9.47 Å². The maximum atomic E-state index is 11.6. The van der Waals surface area contributed by atoms with Crippen LogP contribution in [0.1, 0.15) is 44.7 Å². The van der Waals surface area contributed by atoms with Crippen LogP contribution in [0, 0.1) is 29.1 Å². The fourth-order valence-corrected chi connectivity index (χ4v) is 2.62. The molecule has 0 aliphatic carbocycles. The summed E-state index contributed by atoms with van der Waals surface area (Å²) in [6.45, 7) is 7.25. The Morgan fingerprint density at radius 1 is 0.757 bits per heavy atom. The molecule has 0 unspecified atom stereocenters. The molecule has 0 saturated heterocycles. The van der Waals surface area contributed by atoms with Crippen molar-refractivity contribution < 1.29 is 23.7 Å². The molecule has 0 radical (unpaired) electrons. The summed E-state index contributed by atoms with van der Waals surface area (Å²) in [7, 11) is 1.64. The fraction of sp³-hybridized carbons (Fsp3) is 0.281. The topological polar surface area (TPSA) is 54.0 Å². The third-order valence-electron chi connectivity index (χ3n) is 4.47. The molecule has 0 fully saturated rings. The molecule has 0 aliphatic rings. The largest absolute Gasteiger partial charge is 0.465 e. The second-order valence-electron chi connectivity index (χ2n) is 8.91. The molecule has 0 heterocycles. The quantitative estimate of drug-likeness (QED) is 0.117. The Balaban J connectivity index is 1.69. The van der Waals surface area contributed by atoms with Crippen molar-refractivity contribution in [1.29, 1.82) is 0 Å². The van der Waals surface area contributed by atoms with Gasteiger partial charge in [-0.15, -0.1) is 0 Å². The van der Waals surface area contributed by atoms with Crippen LogP contribution in [-0.2, 0) is 14.3 Å². The van der Waals surface area contributed by atoms with Gasteiger partial charge < -0.3 is 18.9 Å². The molecule has 0 aliphatic heterocycles. The molecule has 0 saturated carbocycles. The standard InChI is InChI=1S/C32H34O5/c1-32(2,3)22-21-28-13-18-30(19-14-28)36-25-8-6-5-7-24-35-29-16-11-27(12-17-29)15-20-31(33)37-26-10-9-23-34-4/h5-8,11-14,16-19,24-25H,9-10,23,26H2,1-4H3/b6-5+,24-7+,25-8+. The molecule has 2 aromatic carbocycles. The molecule has 0 atom stereocenters. The van der Waals surface area contributed by atoms with Gasteiger partial charge in [0, 0.05) is 36.2 Å². The zero-order valence-electron chi connectivity index (χ0n) is 22.0. The number of methoxy groups -OCH3 is 1. The average Bonchev–Trinajstić information content (AvgIpc) is 2.88. The number of esters is 1. The molecular weight excluding hydrogens is 464 g/mol. The number of allylic oxidation sites excluding steroid dienone is 4. The van der Waals surface area contributed by atoms with Gasteiger partial charge in [-0.3, -0.25) is 0 Å². The zero-order chi connectivity index (χ0) is 26.8. The van der Waals surface area contributed by atoms with E-state index >= 15 is 0 Å². The van der Waals surface area contributed by atoms with Crippen molar-refractivity contribution in [2.75, 3.05) is 20.3 Å². The minimum absolute atomic E-state index is 0.0215. The van der Waals surface area contributed by atoms with Crippen molar-refractivity contribution in [2.24, 2.45) is 5.41 Å². The molecule has 192 valence electrons. The number of benzene rings is 2. The van der Waals surface area contributed by atoms with Gasteiger partial charge in [-0.25, -0.2) is 4.79 Å². The number of carbonyl (C=O) groups is 1. The Bertz CT molecular complexity index is 1170. The van der Waals surface area contributed by atoms with Crippen LogP contribution in [0.3, 0.4) is 0 Å². The van der Waals surface area contributed by atoms with Crippen LogP contribution in [0.4, 0.5) is 0 Å².